The smallest absolute Gasteiger partial charge is 0.231 e. The number of hydrogen-bond donors (Lipinski definition) is 1. The zero-order chi connectivity index (χ0) is 14.2. The Labute approximate surface area is 129 Å². The van der Waals surface area contributed by atoms with Gasteiger partial charge in [0.1, 0.15) is 0 Å². The zero-order valence-electron chi connectivity index (χ0n) is 12.3. The molecule has 0 spiro atoms. The molecule has 5 nitrogen and oxygen atoms in total. The second kappa shape index (κ2) is 5.89. The van der Waals surface area contributed by atoms with E-state index in [1.165, 1.54) is 37.2 Å². The summed E-state index contributed by atoms with van der Waals surface area (Å²) in [5.74, 6) is 5.15. The molecule has 2 aliphatic heterocycles. The Bertz CT molecular complexity index is 485. The lowest BCUT2D eigenvalue weighted by atomic mass is 9.97. The fourth-order valence-electron chi connectivity index (χ4n) is 3.62. The molecule has 0 bridgehead atoms. The van der Waals surface area contributed by atoms with Gasteiger partial charge in [-0.2, -0.15) is 16.7 Å². The van der Waals surface area contributed by atoms with Crippen LogP contribution in [0.25, 0.3) is 0 Å². The van der Waals surface area contributed by atoms with Gasteiger partial charge in [-0.25, -0.2) is 0 Å². The predicted molar refractivity (Wildman–Crippen MR) is 81.5 cm³/mol. The summed E-state index contributed by atoms with van der Waals surface area (Å²) in [6, 6.07) is 0.677. The van der Waals surface area contributed by atoms with Crippen LogP contribution in [0.3, 0.4) is 0 Å². The normalized spacial score (nSPS) is 31.9. The number of nitrogens with zero attached hydrogens (tertiary/aromatic N) is 3. The maximum atomic E-state index is 9.72. The summed E-state index contributed by atoms with van der Waals surface area (Å²) in [4.78, 5) is 7.16. The summed E-state index contributed by atoms with van der Waals surface area (Å²) in [5.41, 5.74) is 0. The van der Waals surface area contributed by atoms with Crippen LogP contribution >= 0.6 is 11.8 Å². The topological polar surface area (TPSA) is 62.4 Å². The average Bonchev–Trinajstić information content (AvgIpc) is 3.12. The van der Waals surface area contributed by atoms with Gasteiger partial charge in [-0.15, -0.1) is 0 Å². The van der Waals surface area contributed by atoms with E-state index in [1.807, 2.05) is 0 Å². The molecule has 0 radical (unpaired) electrons. The molecule has 0 amide bonds. The first kappa shape index (κ1) is 14.0. The summed E-state index contributed by atoms with van der Waals surface area (Å²) in [7, 11) is 0. The van der Waals surface area contributed by atoms with Crippen LogP contribution in [-0.4, -0.2) is 57.4 Å². The molecule has 1 aromatic rings. The highest BCUT2D eigenvalue weighted by Gasteiger charge is 2.40. The molecule has 1 aliphatic carbocycles. The number of thioether (sulfide) groups is 1. The monoisotopic (exact) mass is 309 g/mol. The highest BCUT2D eigenvalue weighted by atomic mass is 32.2. The molecule has 3 heterocycles. The van der Waals surface area contributed by atoms with Crippen molar-refractivity contribution in [1.82, 2.24) is 15.0 Å². The van der Waals surface area contributed by atoms with Crippen LogP contribution in [0.2, 0.25) is 0 Å². The third-order valence-electron chi connectivity index (χ3n) is 5.13. The molecule has 1 aromatic heterocycles. The molecular formula is C15H23N3O2S. The summed E-state index contributed by atoms with van der Waals surface area (Å²) in [6.45, 7) is 2.15. The predicted octanol–water partition coefficient (Wildman–Crippen LogP) is 1.85. The van der Waals surface area contributed by atoms with Gasteiger partial charge in [0.25, 0.3) is 0 Å². The number of hydrogen-bond acceptors (Lipinski definition) is 6. The molecule has 0 aromatic carbocycles. The average molecular weight is 309 g/mol. The van der Waals surface area contributed by atoms with E-state index in [-0.39, 0.29) is 18.4 Å². The second-order valence-corrected chi connectivity index (χ2v) is 7.84. The van der Waals surface area contributed by atoms with Crippen LogP contribution in [0, 0.1) is 5.92 Å². The minimum absolute atomic E-state index is 0.212. The maximum Gasteiger partial charge on any atom is 0.231 e. The lowest BCUT2D eigenvalue weighted by molar-refractivity contribution is 0.188. The van der Waals surface area contributed by atoms with E-state index in [2.05, 4.69) is 26.8 Å². The number of likely N-dealkylation sites (tertiary alicyclic amines) is 1. The van der Waals surface area contributed by atoms with Gasteiger partial charge < -0.3 is 9.63 Å². The van der Waals surface area contributed by atoms with Gasteiger partial charge in [-0.3, -0.25) is 4.90 Å². The highest BCUT2D eigenvalue weighted by Crippen LogP contribution is 2.40. The summed E-state index contributed by atoms with van der Waals surface area (Å²) < 4.78 is 5.51. The Kier molecular flexibility index (Phi) is 3.94. The molecule has 2 atom stereocenters. The van der Waals surface area contributed by atoms with Gasteiger partial charge in [0.2, 0.25) is 5.89 Å². The fourth-order valence-corrected chi connectivity index (χ4v) is 4.70. The third kappa shape index (κ3) is 2.85. The molecule has 0 unspecified atom stereocenters. The Hall–Kier alpha value is -0.590. The van der Waals surface area contributed by atoms with Crippen LogP contribution in [0.4, 0.5) is 0 Å². The van der Waals surface area contributed by atoms with Crippen LogP contribution in [-0.2, 0) is 0 Å². The van der Waals surface area contributed by atoms with E-state index >= 15 is 0 Å². The third-order valence-corrected chi connectivity index (χ3v) is 6.18. The second-order valence-electron chi connectivity index (χ2n) is 6.61. The van der Waals surface area contributed by atoms with E-state index in [4.69, 9.17) is 4.52 Å². The fraction of sp³-hybridized carbons (Fsp3) is 0.867. The van der Waals surface area contributed by atoms with E-state index in [9.17, 15) is 5.11 Å². The number of rotatable bonds is 4. The summed E-state index contributed by atoms with van der Waals surface area (Å²) >= 11 is 2.06. The molecule has 1 saturated carbocycles. The lowest BCUT2D eigenvalue weighted by Crippen LogP contribution is -2.36. The van der Waals surface area contributed by atoms with Gasteiger partial charge in [0, 0.05) is 37.6 Å². The standard InChI is InChI=1S/C15H23N3O2S/c19-9-11-7-18(12-3-5-21-6-4-12)8-13(11)15-16-14(17-20-15)10-1-2-10/h10-13,19H,1-9H2/t11-,13+/m0/s1. The van der Waals surface area contributed by atoms with Gasteiger partial charge in [0.05, 0.1) is 5.92 Å². The van der Waals surface area contributed by atoms with Gasteiger partial charge in [-0.1, -0.05) is 5.16 Å². The van der Waals surface area contributed by atoms with Gasteiger partial charge in [0.15, 0.2) is 5.82 Å². The molecule has 1 N–H and O–H groups in total. The summed E-state index contributed by atoms with van der Waals surface area (Å²) in [5, 5.41) is 13.9. The van der Waals surface area contributed by atoms with E-state index in [0.717, 1.165) is 24.8 Å². The van der Waals surface area contributed by atoms with E-state index < -0.39 is 0 Å². The molecule has 6 heteroatoms. The van der Waals surface area contributed by atoms with Crippen LogP contribution in [0.15, 0.2) is 4.52 Å². The maximum absolute atomic E-state index is 9.72. The van der Waals surface area contributed by atoms with Crippen molar-refractivity contribution in [2.24, 2.45) is 5.92 Å². The molecular weight excluding hydrogens is 286 g/mol. The van der Waals surface area contributed by atoms with Crippen molar-refractivity contribution >= 4 is 11.8 Å². The summed E-state index contributed by atoms with van der Waals surface area (Å²) in [6.07, 6.45) is 4.93. The minimum atomic E-state index is 0.212. The first-order valence-electron chi connectivity index (χ1n) is 8.11. The van der Waals surface area contributed by atoms with Crippen LogP contribution in [0.1, 0.15) is 49.2 Å². The van der Waals surface area contributed by atoms with Crippen LogP contribution < -0.4 is 0 Å². The van der Waals surface area contributed by atoms with E-state index in [0.29, 0.717) is 12.0 Å². The van der Waals surface area contributed by atoms with Crippen molar-refractivity contribution in [2.75, 3.05) is 31.2 Å². The lowest BCUT2D eigenvalue weighted by Gasteiger charge is -2.30. The molecule has 3 aliphatic rings. The number of aliphatic hydroxyl groups excluding tert-OH is 1. The quantitative estimate of drug-likeness (QED) is 0.916. The van der Waals surface area contributed by atoms with Crippen molar-refractivity contribution in [3.05, 3.63) is 11.7 Å². The molecule has 4 rings (SSSR count). The SMILES string of the molecule is OC[C@@H]1CN(C2CCSCC2)C[C@H]1c1nc(C2CC2)no1. The van der Waals surface area contributed by atoms with Crippen LogP contribution in [0.5, 0.6) is 0 Å². The number of aromatic nitrogens is 2. The molecule has 21 heavy (non-hydrogen) atoms. The van der Waals surface area contributed by atoms with Crippen molar-refractivity contribution in [1.29, 1.82) is 0 Å². The largest absolute Gasteiger partial charge is 0.396 e. The van der Waals surface area contributed by atoms with Crippen molar-refractivity contribution in [3.8, 4) is 0 Å². The minimum Gasteiger partial charge on any atom is -0.396 e. The Balaban J connectivity index is 1.47. The molecule has 2 saturated heterocycles. The van der Waals surface area contributed by atoms with Crippen molar-refractivity contribution < 1.29 is 9.63 Å². The van der Waals surface area contributed by atoms with Crippen molar-refractivity contribution in [3.63, 3.8) is 0 Å². The first-order valence-corrected chi connectivity index (χ1v) is 9.26. The Morgan fingerprint density at radius 1 is 1.19 bits per heavy atom. The van der Waals surface area contributed by atoms with Crippen molar-refractivity contribution in [2.45, 2.75) is 43.6 Å². The molecule has 3 fully saturated rings. The van der Waals surface area contributed by atoms with Gasteiger partial charge in [-0.05, 0) is 37.2 Å². The Morgan fingerprint density at radius 3 is 2.71 bits per heavy atom. The molecule has 116 valence electrons. The van der Waals surface area contributed by atoms with Gasteiger partial charge >= 0.3 is 0 Å². The zero-order valence-corrected chi connectivity index (χ0v) is 13.1. The number of aliphatic hydroxyl groups is 1. The highest BCUT2D eigenvalue weighted by molar-refractivity contribution is 7.99. The first-order chi connectivity index (χ1) is 10.3. The van der Waals surface area contributed by atoms with E-state index in [1.54, 1.807) is 0 Å². The Morgan fingerprint density at radius 2 is 2.00 bits per heavy atom.